The molecule has 4 saturated heterocycles. The highest BCUT2D eigenvalue weighted by molar-refractivity contribution is 5.94. The fourth-order valence-electron chi connectivity index (χ4n) is 10.7. The van der Waals surface area contributed by atoms with Crippen molar-refractivity contribution in [2.75, 3.05) is 122 Å². The second-order valence-electron chi connectivity index (χ2n) is 19.2. The Kier molecular flexibility index (Phi) is 17.8. The molecule has 0 aromatic heterocycles. The molecule has 4 aromatic carbocycles. The van der Waals surface area contributed by atoms with Gasteiger partial charge in [0.25, 0.3) is 0 Å². The Bertz CT molecular complexity index is 1990. The standard InChI is InChI=1S/C28H40N4O.C27H38N4O/c1-3-27(33)32(26-12-8-5-9-13-26)24-28(15-18-29(2)19-16-28)31-22-20-30(21-23-31)17-14-25-10-6-4-7-11-25;1-3-26(32)31(25-12-8-5-9-13-25)23-27(14-16-28(2)17-15-27)30-20-18-29(19-21-30)22-24-10-6-4-7-11-24/h4-13H,3,14-24H2,1-2H3;4-13H,3,14-23H2,1-2H3. The van der Waals surface area contributed by atoms with Gasteiger partial charge in [-0.2, -0.15) is 0 Å². The van der Waals surface area contributed by atoms with Crippen molar-refractivity contribution in [3.63, 3.8) is 0 Å². The van der Waals surface area contributed by atoms with Crippen LogP contribution in [-0.4, -0.2) is 165 Å². The number of carbonyl (C=O) groups excluding carboxylic acids is 2. The molecular formula is C55H78N8O2. The minimum atomic E-state index is 0.0476. The lowest BCUT2D eigenvalue weighted by Gasteiger charge is -2.52. The second kappa shape index (κ2) is 23.9. The Morgan fingerprint density at radius 1 is 0.462 bits per heavy atom. The van der Waals surface area contributed by atoms with E-state index in [-0.39, 0.29) is 22.9 Å². The number of likely N-dealkylation sites (tertiary alicyclic amines) is 2. The normalized spacial score (nSPS) is 20.1. The molecule has 0 atom stereocenters. The molecule has 4 aliphatic rings. The summed E-state index contributed by atoms with van der Waals surface area (Å²) in [5.74, 6) is 0.443. The topological polar surface area (TPSA) is 60.1 Å². The SMILES string of the molecule is CCC(=O)N(CC1(N2CCN(CCc3ccccc3)CC2)CCN(C)CC1)c1ccccc1.CCC(=O)N(CC1(N2CCN(Cc3ccccc3)CC2)CCN(C)CC1)c1ccccc1. The van der Waals surface area contributed by atoms with Crippen LogP contribution in [0.15, 0.2) is 121 Å². The molecule has 350 valence electrons. The van der Waals surface area contributed by atoms with Crippen molar-refractivity contribution in [1.29, 1.82) is 0 Å². The minimum absolute atomic E-state index is 0.0476. The summed E-state index contributed by atoms with van der Waals surface area (Å²) in [5.41, 5.74) is 4.97. The maximum absolute atomic E-state index is 13.0. The van der Waals surface area contributed by atoms with Gasteiger partial charge in [-0.3, -0.25) is 24.3 Å². The number of para-hydroxylation sites is 2. The lowest BCUT2D eigenvalue weighted by molar-refractivity contribution is -0.119. The predicted molar refractivity (Wildman–Crippen MR) is 269 cm³/mol. The number of hydrogen-bond acceptors (Lipinski definition) is 8. The number of benzene rings is 4. The van der Waals surface area contributed by atoms with Crippen molar-refractivity contribution in [2.24, 2.45) is 0 Å². The molecule has 4 fully saturated rings. The maximum Gasteiger partial charge on any atom is 0.226 e. The Morgan fingerprint density at radius 2 is 0.815 bits per heavy atom. The first-order chi connectivity index (χ1) is 31.7. The minimum Gasteiger partial charge on any atom is -0.311 e. The highest BCUT2D eigenvalue weighted by Gasteiger charge is 2.44. The van der Waals surface area contributed by atoms with Crippen LogP contribution in [0, 0.1) is 0 Å². The van der Waals surface area contributed by atoms with Gasteiger partial charge in [0.1, 0.15) is 0 Å². The summed E-state index contributed by atoms with van der Waals surface area (Å²) in [4.78, 5) is 45.6. The number of carbonyl (C=O) groups is 2. The van der Waals surface area contributed by atoms with Gasteiger partial charge in [0.2, 0.25) is 11.8 Å². The van der Waals surface area contributed by atoms with Crippen LogP contribution in [0.1, 0.15) is 63.5 Å². The zero-order valence-electron chi connectivity index (χ0n) is 40.2. The van der Waals surface area contributed by atoms with Gasteiger partial charge < -0.3 is 24.5 Å². The monoisotopic (exact) mass is 883 g/mol. The number of piperazine rings is 2. The lowest BCUT2D eigenvalue weighted by atomic mass is 9.84. The molecule has 10 heteroatoms. The highest BCUT2D eigenvalue weighted by atomic mass is 16.2. The average Bonchev–Trinajstić information content (AvgIpc) is 3.37. The van der Waals surface area contributed by atoms with Gasteiger partial charge in [-0.05, 0) is 108 Å². The third-order valence-electron chi connectivity index (χ3n) is 15.0. The molecule has 8 rings (SSSR count). The van der Waals surface area contributed by atoms with E-state index in [1.807, 2.05) is 50.2 Å². The number of rotatable bonds is 15. The van der Waals surface area contributed by atoms with Gasteiger partial charge in [-0.1, -0.05) is 111 Å². The van der Waals surface area contributed by atoms with Crippen LogP contribution >= 0.6 is 0 Å². The highest BCUT2D eigenvalue weighted by Crippen LogP contribution is 2.35. The first kappa shape index (κ1) is 48.5. The molecule has 65 heavy (non-hydrogen) atoms. The van der Waals surface area contributed by atoms with Gasteiger partial charge in [0.05, 0.1) is 0 Å². The molecule has 2 amide bonds. The van der Waals surface area contributed by atoms with E-state index in [0.717, 1.165) is 148 Å². The molecule has 10 nitrogen and oxygen atoms in total. The van der Waals surface area contributed by atoms with Crippen molar-refractivity contribution in [3.8, 4) is 0 Å². The van der Waals surface area contributed by atoms with Crippen LogP contribution in [0.3, 0.4) is 0 Å². The summed E-state index contributed by atoms with van der Waals surface area (Å²) < 4.78 is 0. The van der Waals surface area contributed by atoms with Crippen LogP contribution in [0.5, 0.6) is 0 Å². The fourth-order valence-corrected chi connectivity index (χ4v) is 10.7. The van der Waals surface area contributed by atoms with Gasteiger partial charge in [0, 0.05) is 114 Å². The Balaban J connectivity index is 0.000000194. The molecule has 0 aliphatic carbocycles. The first-order valence-electron chi connectivity index (χ1n) is 24.8. The molecule has 0 saturated carbocycles. The van der Waals surface area contributed by atoms with Crippen LogP contribution in [0.4, 0.5) is 11.4 Å². The van der Waals surface area contributed by atoms with E-state index in [2.05, 4.69) is 138 Å². The van der Waals surface area contributed by atoms with E-state index in [4.69, 9.17) is 0 Å². The number of hydrogen-bond donors (Lipinski definition) is 0. The molecular weight excluding hydrogens is 805 g/mol. The molecule has 0 spiro atoms. The molecule has 0 radical (unpaired) electrons. The smallest absolute Gasteiger partial charge is 0.226 e. The number of nitrogens with zero attached hydrogens (tertiary/aromatic N) is 8. The molecule has 4 aromatic rings. The summed E-state index contributed by atoms with van der Waals surface area (Å²) in [5, 5.41) is 0. The zero-order chi connectivity index (χ0) is 45.5. The molecule has 4 aliphatic heterocycles. The van der Waals surface area contributed by atoms with E-state index in [9.17, 15) is 9.59 Å². The van der Waals surface area contributed by atoms with Crippen molar-refractivity contribution >= 4 is 23.2 Å². The first-order valence-corrected chi connectivity index (χ1v) is 24.8. The lowest BCUT2D eigenvalue weighted by Crippen LogP contribution is -2.65. The van der Waals surface area contributed by atoms with Gasteiger partial charge >= 0.3 is 0 Å². The third kappa shape index (κ3) is 13.1. The van der Waals surface area contributed by atoms with Crippen LogP contribution < -0.4 is 9.80 Å². The van der Waals surface area contributed by atoms with Crippen molar-refractivity contribution in [2.45, 2.75) is 76.4 Å². The Hall–Kier alpha value is -4.42. The predicted octanol–water partition coefficient (Wildman–Crippen LogP) is 7.47. The van der Waals surface area contributed by atoms with Crippen LogP contribution in [0.2, 0.25) is 0 Å². The van der Waals surface area contributed by atoms with Gasteiger partial charge in [0.15, 0.2) is 0 Å². The summed E-state index contributed by atoms with van der Waals surface area (Å²) >= 11 is 0. The summed E-state index contributed by atoms with van der Waals surface area (Å²) in [6.07, 6.45) is 6.66. The van der Waals surface area contributed by atoms with E-state index in [0.29, 0.717) is 12.8 Å². The van der Waals surface area contributed by atoms with Crippen LogP contribution in [0.25, 0.3) is 0 Å². The number of anilines is 2. The average molecular weight is 883 g/mol. The van der Waals surface area contributed by atoms with Gasteiger partial charge in [-0.15, -0.1) is 0 Å². The summed E-state index contributed by atoms with van der Waals surface area (Å²) in [6, 6.07) is 42.1. The second-order valence-corrected chi connectivity index (χ2v) is 19.2. The van der Waals surface area contributed by atoms with E-state index >= 15 is 0 Å². The fraction of sp³-hybridized carbons (Fsp3) is 0.527. The van der Waals surface area contributed by atoms with Crippen LogP contribution in [-0.2, 0) is 22.6 Å². The van der Waals surface area contributed by atoms with Gasteiger partial charge in [-0.25, -0.2) is 0 Å². The molecule has 0 bridgehead atoms. The Labute approximate surface area is 391 Å². The molecule has 4 heterocycles. The quantitative estimate of drug-likeness (QED) is 0.122. The third-order valence-corrected chi connectivity index (χ3v) is 15.0. The number of piperidine rings is 2. The number of amides is 2. The largest absolute Gasteiger partial charge is 0.311 e. The van der Waals surface area contributed by atoms with Crippen molar-refractivity contribution in [1.82, 2.24) is 29.4 Å². The zero-order valence-corrected chi connectivity index (χ0v) is 40.2. The molecule has 0 N–H and O–H groups in total. The summed E-state index contributed by atoms with van der Waals surface area (Å²) in [6.45, 7) is 20.7. The van der Waals surface area contributed by atoms with E-state index < -0.39 is 0 Å². The van der Waals surface area contributed by atoms with E-state index in [1.54, 1.807) is 0 Å². The van der Waals surface area contributed by atoms with Crippen molar-refractivity contribution < 1.29 is 9.59 Å². The van der Waals surface area contributed by atoms with E-state index in [1.165, 1.54) is 11.1 Å². The maximum atomic E-state index is 13.0. The van der Waals surface area contributed by atoms with Crippen molar-refractivity contribution in [3.05, 3.63) is 132 Å². The molecule has 0 unspecified atom stereocenters. The summed E-state index contributed by atoms with van der Waals surface area (Å²) in [7, 11) is 4.44. The Morgan fingerprint density at radius 3 is 1.20 bits per heavy atom.